The van der Waals surface area contributed by atoms with Crippen LogP contribution in [0.15, 0.2) is 59.5 Å². The number of nitrogens with zero attached hydrogens (tertiary/aromatic N) is 3. The summed E-state index contributed by atoms with van der Waals surface area (Å²) in [5.74, 6) is 1.20. The summed E-state index contributed by atoms with van der Waals surface area (Å²) >= 11 is 0. The van der Waals surface area contributed by atoms with Gasteiger partial charge < -0.3 is 5.32 Å². The molecule has 162 valence electrons. The summed E-state index contributed by atoms with van der Waals surface area (Å²) in [4.78, 5) is 27.6. The average Bonchev–Trinajstić information content (AvgIpc) is 2.74. The molecule has 2 atom stereocenters. The highest BCUT2D eigenvalue weighted by Crippen LogP contribution is 2.23. The summed E-state index contributed by atoms with van der Waals surface area (Å²) < 4.78 is 1.22. The number of likely N-dealkylation sites (tertiary alicyclic amines) is 1. The molecule has 2 aromatic carbocycles. The second kappa shape index (κ2) is 9.43. The SMILES string of the molecule is CC1CC(C)CN(Cc2ccccc2CNC(=O)Cn2ncc3ccccc3c2=O)C1. The number of rotatable bonds is 6. The third kappa shape index (κ3) is 5.20. The smallest absolute Gasteiger partial charge is 0.275 e. The van der Waals surface area contributed by atoms with Crippen molar-refractivity contribution in [3.8, 4) is 0 Å². The zero-order valence-electron chi connectivity index (χ0n) is 18.3. The van der Waals surface area contributed by atoms with E-state index in [1.807, 2.05) is 24.3 Å². The molecule has 1 aliphatic rings. The van der Waals surface area contributed by atoms with Gasteiger partial charge in [0.05, 0.1) is 11.6 Å². The van der Waals surface area contributed by atoms with E-state index in [9.17, 15) is 9.59 Å². The Bertz CT molecular complexity index is 1110. The normalized spacial score (nSPS) is 19.4. The summed E-state index contributed by atoms with van der Waals surface area (Å²) in [5.41, 5.74) is 2.10. The van der Waals surface area contributed by atoms with Gasteiger partial charge in [-0.15, -0.1) is 0 Å². The van der Waals surface area contributed by atoms with Gasteiger partial charge in [-0.1, -0.05) is 56.3 Å². The average molecular weight is 419 g/mol. The molecule has 0 spiro atoms. The molecule has 4 rings (SSSR count). The maximum atomic E-state index is 12.6. The molecular weight excluding hydrogens is 388 g/mol. The fourth-order valence-electron chi connectivity index (χ4n) is 4.67. The van der Waals surface area contributed by atoms with E-state index in [4.69, 9.17) is 0 Å². The Kier molecular flexibility index (Phi) is 6.47. The molecule has 0 bridgehead atoms. The second-order valence-electron chi connectivity index (χ2n) is 8.88. The van der Waals surface area contributed by atoms with E-state index in [0.717, 1.165) is 30.6 Å². The number of piperidine rings is 1. The number of amides is 1. The van der Waals surface area contributed by atoms with Crippen LogP contribution in [0.3, 0.4) is 0 Å². The number of carbonyl (C=O) groups excluding carboxylic acids is 1. The van der Waals surface area contributed by atoms with Crippen LogP contribution in [-0.4, -0.2) is 33.7 Å². The van der Waals surface area contributed by atoms with Crippen molar-refractivity contribution in [2.24, 2.45) is 11.8 Å². The molecule has 1 aliphatic heterocycles. The van der Waals surface area contributed by atoms with Gasteiger partial charge in [0.1, 0.15) is 6.54 Å². The van der Waals surface area contributed by atoms with Gasteiger partial charge in [-0.3, -0.25) is 14.5 Å². The van der Waals surface area contributed by atoms with Crippen LogP contribution in [0.1, 0.15) is 31.4 Å². The van der Waals surface area contributed by atoms with Crippen LogP contribution in [0.4, 0.5) is 0 Å². The maximum Gasteiger partial charge on any atom is 0.275 e. The molecule has 6 heteroatoms. The number of hydrogen-bond donors (Lipinski definition) is 1. The first kappa shape index (κ1) is 21.2. The summed E-state index contributed by atoms with van der Waals surface area (Å²) in [7, 11) is 0. The van der Waals surface area contributed by atoms with Gasteiger partial charge in [0.15, 0.2) is 0 Å². The van der Waals surface area contributed by atoms with Crippen molar-refractivity contribution in [3.05, 3.63) is 76.2 Å². The van der Waals surface area contributed by atoms with E-state index in [-0.39, 0.29) is 18.0 Å². The predicted octanol–water partition coefficient (Wildman–Crippen LogP) is 3.19. The predicted molar refractivity (Wildman–Crippen MR) is 123 cm³/mol. The number of carbonyl (C=O) groups is 1. The van der Waals surface area contributed by atoms with Crippen LogP contribution in [0.5, 0.6) is 0 Å². The first-order valence-electron chi connectivity index (χ1n) is 11.0. The lowest BCUT2D eigenvalue weighted by Gasteiger charge is -2.35. The summed E-state index contributed by atoms with van der Waals surface area (Å²) in [6.07, 6.45) is 2.91. The monoisotopic (exact) mass is 418 g/mol. The van der Waals surface area contributed by atoms with Gasteiger partial charge in [-0.25, -0.2) is 4.68 Å². The summed E-state index contributed by atoms with van der Waals surface area (Å²) in [5, 5.41) is 8.46. The Morgan fingerprint density at radius 3 is 2.48 bits per heavy atom. The second-order valence-corrected chi connectivity index (χ2v) is 8.88. The first-order valence-corrected chi connectivity index (χ1v) is 11.0. The summed E-state index contributed by atoms with van der Waals surface area (Å²) in [6, 6.07) is 15.5. The van der Waals surface area contributed by atoms with Gasteiger partial charge in [-0.05, 0) is 35.4 Å². The molecule has 2 unspecified atom stereocenters. The van der Waals surface area contributed by atoms with Crippen LogP contribution >= 0.6 is 0 Å². The molecule has 6 nitrogen and oxygen atoms in total. The maximum absolute atomic E-state index is 12.6. The van der Waals surface area contributed by atoms with Crippen molar-refractivity contribution in [2.75, 3.05) is 13.1 Å². The molecule has 2 heterocycles. The Balaban J connectivity index is 1.40. The minimum atomic E-state index is -0.248. The van der Waals surface area contributed by atoms with E-state index >= 15 is 0 Å². The van der Waals surface area contributed by atoms with Crippen molar-refractivity contribution in [2.45, 2.75) is 39.9 Å². The van der Waals surface area contributed by atoms with Gasteiger partial charge in [0.2, 0.25) is 5.91 Å². The van der Waals surface area contributed by atoms with E-state index in [1.54, 1.807) is 12.3 Å². The lowest BCUT2D eigenvalue weighted by Crippen LogP contribution is -2.38. The standard InChI is InChI=1S/C25H30N4O2/c1-18-11-19(2)15-28(14-18)16-22-9-4-3-7-20(22)12-26-24(30)17-29-25(31)23-10-6-5-8-21(23)13-27-29/h3-10,13,18-19H,11-12,14-17H2,1-2H3,(H,26,30). The lowest BCUT2D eigenvalue weighted by atomic mass is 9.91. The molecule has 0 aliphatic carbocycles. The quantitative estimate of drug-likeness (QED) is 0.668. The Morgan fingerprint density at radius 1 is 1.03 bits per heavy atom. The zero-order chi connectivity index (χ0) is 21.8. The molecule has 1 amide bonds. The van der Waals surface area contributed by atoms with E-state index in [2.05, 4.69) is 47.4 Å². The number of aromatic nitrogens is 2. The van der Waals surface area contributed by atoms with Crippen LogP contribution in [-0.2, 0) is 24.4 Å². The van der Waals surface area contributed by atoms with Crippen molar-refractivity contribution >= 4 is 16.7 Å². The van der Waals surface area contributed by atoms with E-state index < -0.39 is 0 Å². The van der Waals surface area contributed by atoms with Gasteiger partial charge in [0, 0.05) is 31.6 Å². The highest BCUT2D eigenvalue weighted by Gasteiger charge is 2.22. The number of nitrogens with one attached hydrogen (secondary N) is 1. The molecule has 3 aromatic rings. The third-order valence-electron chi connectivity index (χ3n) is 5.99. The zero-order valence-corrected chi connectivity index (χ0v) is 18.3. The molecule has 31 heavy (non-hydrogen) atoms. The molecule has 0 saturated carbocycles. The molecule has 0 radical (unpaired) electrons. The van der Waals surface area contributed by atoms with E-state index in [0.29, 0.717) is 23.8 Å². The molecule has 1 fully saturated rings. The molecule has 1 N–H and O–H groups in total. The van der Waals surface area contributed by atoms with Crippen molar-refractivity contribution in [1.82, 2.24) is 20.0 Å². The highest BCUT2D eigenvalue weighted by molar-refractivity contribution is 5.81. The largest absolute Gasteiger partial charge is 0.350 e. The first-order chi connectivity index (χ1) is 15.0. The highest BCUT2D eigenvalue weighted by atomic mass is 16.2. The lowest BCUT2D eigenvalue weighted by molar-refractivity contribution is -0.122. The van der Waals surface area contributed by atoms with Crippen molar-refractivity contribution in [3.63, 3.8) is 0 Å². The number of hydrogen-bond acceptors (Lipinski definition) is 4. The van der Waals surface area contributed by atoms with Crippen molar-refractivity contribution in [1.29, 1.82) is 0 Å². The molecule has 1 saturated heterocycles. The Morgan fingerprint density at radius 2 is 1.71 bits per heavy atom. The molecular formula is C25H30N4O2. The van der Waals surface area contributed by atoms with E-state index in [1.165, 1.54) is 16.7 Å². The van der Waals surface area contributed by atoms with Crippen LogP contribution in [0, 0.1) is 11.8 Å². The minimum Gasteiger partial charge on any atom is -0.350 e. The topological polar surface area (TPSA) is 67.2 Å². The fraction of sp³-hybridized carbons (Fsp3) is 0.400. The number of benzene rings is 2. The Hall–Kier alpha value is -2.99. The molecule has 1 aromatic heterocycles. The Labute approximate surface area is 182 Å². The van der Waals surface area contributed by atoms with Gasteiger partial charge in [0.25, 0.3) is 5.56 Å². The number of fused-ring (bicyclic) bond motifs is 1. The van der Waals surface area contributed by atoms with Gasteiger partial charge in [-0.2, -0.15) is 5.10 Å². The minimum absolute atomic E-state index is 0.0903. The van der Waals surface area contributed by atoms with Crippen molar-refractivity contribution < 1.29 is 4.79 Å². The van der Waals surface area contributed by atoms with Crippen LogP contribution in [0.25, 0.3) is 10.8 Å². The van der Waals surface area contributed by atoms with Gasteiger partial charge >= 0.3 is 0 Å². The third-order valence-corrected chi connectivity index (χ3v) is 5.99. The summed E-state index contributed by atoms with van der Waals surface area (Å²) in [6.45, 7) is 8.11. The van der Waals surface area contributed by atoms with Crippen LogP contribution < -0.4 is 10.9 Å². The fourth-order valence-corrected chi connectivity index (χ4v) is 4.67. The van der Waals surface area contributed by atoms with Crippen LogP contribution in [0.2, 0.25) is 0 Å².